The fraction of sp³-hybridized carbons (Fsp3) is 0.294. The molecule has 1 unspecified atom stereocenters. The average Bonchev–Trinajstić information content (AvgIpc) is 2.47. The molecule has 0 fully saturated rings. The third-order valence-corrected chi connectivity index (χ3v) is 5.71. The summed E-state index contributed by atoms with van der Waals surface area (Å²) in [5.74, 6) is 0.00776. The molecule has 0 aliphatic carbocycles. The largest absolute Gasteiger partial charge is 0.392 e. The summed E-state index contributed by atoms with van der Waals surface area (Å²) in [6.45, 7) is 3.65. The van der Waals surface area contributed by atoms with E-state index in [-0.39, 0.29) is 12.4 Å². The molecule has 0 saturated carbocycles. The minimum atomic E-state index is -3.27. The Balaban J connectivity index is 2.20. The molecule has 0 amide bonds. The Morgan fingerprint density at radius 3 is 2.24 bits per heavy atom. The molecule has 112 valence electrons. The summed E-state index contributed by atoms with van der Waals surface area (Å²) in [5, 5.41) is 8.47. The maximum absolute atomic E-state index is 12.5. The topological polar surface area (TPSA) is 54.4 Å². The van der Waals surface area contributed by atoms with E-state index in [1.165, 1.54) is 0 Å². The van der Waals surface area contributed by atoms with E-state index in [1.54, 1.807) is 31.2 Å². The standard InChI is InChI=1S/C17H20O3S/c1-13-4-3-5-17(10-13)14(2)21(19,20)12-16-8-6-15(11-18)7-9-16/h3-10,14,18H,11-12H2,1-2H3. The molecule has 2 aromatic rings. The van der Waals surface area contributed by atoms with Gasteiger partial charge in [0.15, 0.2) is 9.84 Å². The smallest absolute Gasteiger partial charge is 0.161 e. The van der Waals surface area contributed by atoms with Gasteiger partial charge in [-0.2, -0.15) is 0 Å². The molecule has 1 N–H and O–H groups in total. The second-order valence-electron chi connectivity index (χ2n) is 5.34. The zero-order valence-corrected chi connectivity index (χ0v) is 13.1. The van der Waals surface area contributed by atoms with Crippen LogP contribution in [0.3, 0.4) is 0 Å². The van der Waals surface area contributed by atoms with Crippen LogP contribution in [-0.2, 0) is 22.2 Å². The first-order valence-electron chi connectivity index (χ1n) is 6.89. The zero-order chi connectivity index (χ0) is 15.5. The van der Waals surface area contributed by atoms with E-state index in [9.17, 15) is 8.42 Å². The lowest BCUT2D eigenvalue weighted by Gasteiger charge is -2.14. The Hall–Kier alpha value is -1.65. The van der Waals surface area contributed by atoms with Crippen LogP contribution in [-0.4, -0.2) is 13.5 Å². The van der Waals surface area contributed by atoms with Gasteiger partial charge in [0.05, 0.1) is 17.6 Å². The molecule has 0 spiro atoms. The van der Waals surface area contributed by atoms with Crippen LogP contribution < -0.4 is 0 Å². The van der Waals surface area contributed by atoms with Gasteiger partial charge in [0.2, 0.25) is 0 Å². The maximum Gasteiger partial charge on any atom is 0.161 e. The normalized spacial score (nSPS) is 13.1. The van der Waals surface area contributed by atoms with Crippen molar-refractivity contribution >= 4 is 9.84 Å². The monoisotopic (exact) mass is 304 g/mol. The second-order valence-corrected chi connectivity index (χ2v) is 7.66. The fourth-order valence-corrected chi connectivity index (χ4v) is 3.70. The van der Waals surface area contributed by atoms with E-state index in [1.807, 2.05) is 31.2 Å². The van der Waals surface area contributed by atoms with E-state index in [2.05, 4.69) is 0 Å². The molecule has 3 nitrogen and oxygen atoms in total. The first kappa shape index (κ1) is 15.7. The first-order chi connectivity index (χ1) is 9.92. The summed E-state index contributed by atoms with van der Waals surface area (Å²) in [7, 11) is -3.27. The molecule has 0 saturated heterocycles. The van der Waals surface area contributed by atoms with Crippen molar-refractivity contribution in [3.63, 3.8) is 0 Å². The van der Waals surface area contributed by atoms with Gasteiger partial charge in [-0.25, -0.2) is 8.42 Å². The molecule has 0 heterocycles. The van der Waals surface area contributed by atoms with Crippen LogP contribution in [0.15, 0.2) is 48.5 Å². The van der Waals surface area contributed by atoms with Crippen molar-refractivity contribution in [1.29, 1.82) is 0 Å². The second kappa shape index (κ2) is 6.41. The van der Waals surface area contributed by atoms with Crippen molar-refractivity contribution in [3.8, 4) is 0 Å². The van der Waals surface area contributed by atoms with E-state index in [0.717, 1.165) is 22.3 Å². The van der Waals surface area contributed by atoms with E-state index in [0.29, 0.717) is 0 Å². The highest BCUT2D eigenvalue weighted by Gasteiger charge is 2.23. The van der Waals surface area contributed by atoms with Gasteiger partial charge >= 0.3 is 0 Å². The van der Waals surface area contributed by atoms with Gasteiger partial charge in [-0.1, -0.05) is 54.1 Å². The molecule has 21 heavy (non-hydrogen) atoms. The van der Waals surface area contributed by atoms with Gasteiger partial charge in [-0.05, 0) is 30.5 Å². The number of hydrogen-bond acceptors (Lipinski definition) is 3. The number of sulfone groups is 1. The third kappa shape index (κ3) is 3.93. The molecule has 0 aromatic heterocycles. The van der Waals surface area contributed by atoms with E-state index in [4.69, 9.17) is 5.11 Å². The number of rotatable bonds is 5. The molecule has 0 bridgehead atoms. The summed E-state index contributed by atoms with van der Waals surface area (Å²) in [5.41, 5.74) is 3.40. The highest BCUT2D eigenvalue weighted by molar-refractivity contribution is 7.90. The molecule has 0 aliphatic rings. The number of aliphatic hydroxyl groups is 1. The molecule has 2 rings (SSSR count). The SMILES string of the molecule is Cc1cccc(C(C)S(=O)(=O)Cc2ccc(CO)cc2)c1. The van der Waals surface area contributed by atoms with Gasteiger partial charge in [0.1, 0.15) is 0 Å². The number of benzene rings is 2. The fourth-order valence-electron chi connectivity index (χ4n) is 2.23. The van der Waals surface area contributed by atoms with Gasteiger partial charge < -0.3 is 5.11 Å². The van der Waals surface area contributed by atoms with Crippen molar-refractivity contribution in [2.24, 2.45) is 0 Å². The van der Waals surface area contributed by atoms with Crippen molar-refractivity contribution in [1.82, 2.24) is 0 Å². The Morgan fingerprint density at radius 2 is 1.67 bits per heavy atom. The van der Waals surface area contributed by atoms with Crippen molar-refractivity contribution in [2.45, 2.75) is 31.5 Å². The number of aliphatic hydroxyl groups excluding tert-OH is 1. The van der Waals surface area contributed by atoms with Crippen LogP contribution in [0.1, 0.15) is 34.4 Å². The highest BCUT2D eigenvalue weighted by Crippen LogP contribution is 2.26. The summed E-state index contributed by atoms with van der Waals surface area (Å²) in [4.78, 5) is 0. The highest BCUT2D eigenvalue weighted by atomic mass is 32.2. The van der Waals surface area contributed by atoms with Crippen LogP contribution in [0.5, 0.6) is 0 Å². The summed E-state index contributed by atoms with van der Waals surface area (Å²) in [6, 6.07) is 14.6. The average molecular weight is 304 g/mol. The zero-order valence-electron chi connectivity index (χ0n) is 12.3. The molecular weight excluding hydrogens is 284 g/mol. The predicted octanol–water partition coefficient (Wildman–Crippen LogP) is 3.16. The van der Waals surface area contributed by atoms with Crippen LogP contribution >= 0.6 is 0 Å². The van der Waals surface area contributed by atoms with Crippen LogP contribution in [0.25, 0.3) is 0 Å². The van der Waals surface area contributed by atoms with Gasteiger partial charge in [-0.15, -0.1) is 0 Å². The van der Waals surface area contributed by atoms with Gasteiger partial charge in [0, 0.05) is 0 Å². The quantitative estimate of drug-likeness (QED) is 0.923. The molecule has 4 heteroatoms. The molecule has 0 aliphatic heterocycles. The molecule has 1 atom stereocenters. The Labute approximate surface area is 126 Å². The lowest BCUT2D eigenvalue weighted by molar-refractivity contribution is 0.282. The van der Waals surface area contributed by atoms with Crippen molar-refractivity contribution in [2.75, 3.05) is 0 Å². The van der Waals surface area contributed by atoms with Crippen molar-refractivity contribution < 1.29 is 13.5 Å². The van der Waals surface area contributed by atoms with Crippen LogP contribution in [0.2, 0.25) is 0 Å². The Morgan fingerprint density at radius 1 is 1.05 bits per heavy atom. The van der Waals surface area contributed by atoms with E-state index >= 15 is 0 Å². The molecule has 2 aromatic carbocycles. The predicted molar refractivity (Wildman–Crippen MR) is 84.6 cm³/mol. The summed E-state index contributed by atoms with van der Waals surface area (Å²) in [6.07, 6.45) is 0. The Bertz CT molecular complexity index is 703. The minimum Gasteiger partial charge on any atom is -0.392 e. The van der Waals surface area contributed by atoms with Crippen molar-refractivity contribution in [3.05, 3.63) is 70.8 Å². The lowest BCUT2D eigenvalue weighted by Crippen LogP contribution is -2.13. The Kier molecular flexibility index (Phi) is 4.80. The maximum atomic E-state index is 12.5. The van der Waals surface area contributed by atoms with Gasteiger partial charge in [0.25, 0.3) is 0 Å². The molecular formula is C17H20O3S. The molecule has 0 radical (unpaired) electrons. The van der Waals surface area contributed by atoms with Gasteiger partial charge in [-0.3, -0.25) is 0 Å². The van der Waals surface area contributed by atoms with Crippen LogP contribution in [0, 0.1) is 6.92 Å². The summed E-state index contributed by atoms with van der Waals surface area (Å²) >= 11 is 0. The summed E-state index contributed by atoms with van der Waals surface area (Å²) < 4.78 is 25.0. The van der Waals surface area contributed by atoms with E-state index < -0.39 is 15.1 Å². The first-order valence-corrected chi connectivity index (χ1v) is 8.61. The number of aryl methyl sites for hydroxylation is 1. The van der Waals surface area contributed by atoms with Crippen LogP contribution in [0.4, 0.5) is 0 Å². The number of hydrogen-bond donors (Lipinski definition) is 1. The minimum absolute atomic E-state index is 0.00776. The third-order valence-electron chi connectivity index (χ3n) is 3.62. The lowest BCUT2D eigenvalue weighted by atomic mass is 10.1.